The van der Waals surface area contributed by atoms with Crippen LogP contribution in [-0.4, -0.2) is 13.2 Å². The quantitative estimate of drug-likeness (QED) is 0.644. The molecule has 0 bridgehead atoms. The minimum absolute atomic E-state index is 0.198. The second-order valence-corrected chi connectivity index (χ2v) is 5.34. The van der Waals surface area contributed by atoms with Gasteiger partial charge in [-0.2, -0.15) is 0 Å². The van der Waals surface area contributed by atoms with Crippen molar-refractivity contribution in [2.24, 2.45) is 11.3 Å². The van der Waals surface area contributed by atoms with Gasteiger partial charge in [0.25, 0.3) is 0 Å². The summed E-state index contributed by atoms with van der Waals surface area (Å²) in [5, 5.41) is 0. The Labute approximate surface area is 106 Å². The van der Waals surface area contributed by atoms with Gasteiger partial charge in [0.15, 0.2) is 11.6 Å². The molecule has 1 aromatic rings. The predicted octanol–water partition coefficient (Wildman–Crippen LogP) is 2.53. The molecule has 3 N–H and O–H groups in total. The zero-order valence-corrected chi connectivity index (χ0v) is 11.1. The maximum atomic E-state index is 13.3. The number of rotatable bonds is 4. The van der Waals surface area contributed by atoms with E-state index in [1.165, 1.54) is 6.07 Å². The molecular formula is C13H20F2N2O. The molecule has 102 valence electrons. The van der Waals surface area contributed by atoms with Crippen molar-refractivity contribution in [1.82, 2.24) is 5.43 Å². The summed E-state index contributed by atoms with van der Waals surface area (Å²) in [5.41, 5.74) is 2.96. The average molecular weight is 258 g/mol. The molecule has 0 amide bonds. The van der Waals surface area contributed by atoms with Gasteiger partial charge >= 0.3 is 0 Å². The highest BCUT2D eigenvalue weighted by molar-refractivity contribution is 5.23. The highest BCUT2D eigenvalue weighted by Crippen LogP contribution is 2.32. The van der Waals surface area contributed by atoms with Crippen LogP contribution in [0.1, 0.15) is 32.4 Å². The molecule has 0 heterocycles. The normalized spacial score (nSPS) is 15.5. The first-order valence-electron chi connectivity index (χ1n) is 5.75. The number of hydrogen-bond acceptors (Lipinski definition) is 3. The lowest BCUT2D eigenvalue weighted by Crippen LogP contribution is -2.44. The second kappa shape index (κ2) is 5.73. The van der Waals surface area contributed by atoms with Gasteiger partial charge in [0.1, 0.15) is 0 Å². The lowest BCUT2D eigenvalue weighted by atomic mass is 9.82. The van der Waals surface area contributed by atoms with Crippen molar-refractivity contribution >= 4 is 0 Å². The largest absolute Gasteiger partial charge is 0.379 e. The molecule has 0 saturated carbocycles. The number of nitrogens with one attached hydrogen (secondary N) is 1. The third-order valence-electron chi connectivity index (χ3n) is 2.89. The predicted molar refractivity (Wildman–Crippen MR) is 66.7 cm³/mol. The van der Waals surface area contributed by atoms with Crippen molar-refractivity contribution in [3.8, 4) is 0 Å². The number of hydrogen-bond donors (Lipinski definition) is 2. The number of methoxy groups -OCH3 is 1. The van der Waals surface area contributed by atoms with Gasteiger partial charge in [-0.3, -0.25) is 11.3 Å². The van der Waals surface area contributed by atoms with Gasteiger partial charge < -0.3 is 4.74 Å². The van der Waals surface area contributed by atoms with E-state index in [9.17, 15) is 8.78 Å². The number of hydrazine groups is 1. The molecule has 0 aliphatic heterocycles. The van der Waals surface area contributed by atoms with Crippen LogP contribution < -0.4 is 11.3 Å². The second-order valence-electron chi connectivity index (χ2n) is 5.34. The van der Waals surface area contributed by atoms with E-state index in [4.69, 9.17) is 10.6 Å². The molecule has 0 aliphatic rings. The van der Waals surface area contributed by atoms with Crippen LogP contribution in [0, 0.1) is 17.0 Å². The van der Waals surface area contributed by atoms with E-state index in [1.807, 2.05) is 20.8 Å². The van der Waals surface area contributed by atoms with E-state index in [0.29, 0.717) is 5.56 Å². The summed E-state index contributed by atoms with van der Waals surface area (Å²) in [7, 11) is 1.57. The third-order valence-corrected chi connectivity index (χ3v) is 2.89. The van der Waals surface area contributed by atoms with E-state index in [0.717, 1.165) is 12.1 Å². The molecule has 0 fully saturated rings. The van der Waals surface area contributed by atoms with Gasteiger partial charge in [0.05, 0.1) is 12.1 Å². The molecule has 0 radical (unpaired) electrons. The molecule has 0 saturated heterocycles. The Hall–Kier alpha value is -1.04. The Morgan fingerprint density at radius 2 is 1.83 bits per heavy atom. The van der Waals surface area contributed by atoms with Crippen LogP contribution in [0.3, 0.4) is 0 Å². The fourth-order valence-electron chi connectivity index (χ4n) is 2.05. The summed E-state index contributed by atoms with van der Waals surface area (Å²) < 4.78 is 31.6. The summed E-state index contributed by atoms with van der Waals surface area (Å²) in [5.74, 6) is 3.75. The summed E-state index contributed by atoms with van der Waals surface area (Å²) >= 11 is 0. The monoisotopic (exact) mass is 258 g/mol. The zero-order chi connectivity index (χ0) is 13.9. The molecule has 1 aromatic carbocycles. The molecule has 2 unspecified atom stereocenters. The Kier molecular flexibility index (Phi) is 4.78. The van der Waals surface area contributed by atoms with Crippen LogP contribution in [-0.2, 0) is 4.74 Å². The summed E-state index contributed by atoms with van der Waals surface area (Å²) in [4.78, 5) is 0. The number of halogens is 2. The molecule has 2 atom stereocenters. The third kappa shape index (κ3) is 3.25. The molecule has 1 rings (SSSR count). The first kappa shape index (κ1) is 15.0. The smallest absolute Gasteiger partial charge is 0.159 e. The van der Waals surface area contributed by atoms with Crippen LogP contribution >= 0.6 is 0 Å². The van der Waals surface area contributed by atoms with Gasteiger partial charge in [-0.1, -0.05) is 26.8 Å². The fraction of sp³-hybridized carbons (Fsp3) is 0.538. The first-order valence-corrected chi connectivity index (χ1v) is 5.75. The highest BCUT2D eigenvalue weighted by Gasteiger charge is 2.33. The van der Waals surface area contributed by atoms with E-state index in [1.54, 1.807) is 7.11 Å². The maximum absolute atomic E-state index is 13.3. The molecule has 0 aliphatic carbocycles. The molecule has 3 nitrogen and oxygen atoms in total. The lowest BCUT2D eigenvalue weighted by Gasteiger charge is -2.35. The van der Waals surface area contributed by atoms with E-state index < -0.39 is 17.7 Å². The molecule has 0 aromatic heterocycles. The standard InChI is InChI=1S/C13H20F2N2O/c1-13(2,3)12(18-4)11(17-16)8-5-6-9(14)10(15)7-8/h5-7,11-12,17H,16H2,1-4H3. The van der Waals surface area contributed by atoms with Crippen LogP contribution in [0.15, 0.2) is 18.2 Å². The Bertz CT molecular complexity index is 404. The summed E-state index contributed by atoms with van der Waals surface area (Å²) in [6, 6.07) is 3.31. The number of ether oxygens (including phenoxy) is 1. The van der Waals surface area contributed by atoms with Gasteiger partial charge in [-0.25, -0.2) is 8.78 Å². The van der Waals surface area contributed by atoms with Gasteiger partial charge in [0.2, 0.25) is 0 Å². The summed E-state index contributed by atoms with van der Waals surface area (Å²) in [6.45, 7) is 5.97. The fourth-order valence-corrected chi connectivity index (χ4v) is 2.05. The minimum atomic E-state index is -0.892. The van der Waals surface area contributed by atoms with Crippen molar-refractivity contribution < 1.29 is 13.5 Å². The van der Waals surface area contributed by atoms with E-state index in [-0.39, 0.29) is 11.5 Å². The Balaban J connectivity index is 3.12. The van der Waals surface area contributed by atoms with Crippen molar-refractivity contribution in [1.29, 1.82) is 0 Å². The van der Waals surface area contributed by atoms with Crippen molar-refractivity contribution in [3.05, 3.63) is 35.4 Å². The maximum Gasteiger partial charge on any atom is 0.159 e. The first-order chi connectivity index (χ1) is 8.31. The van der Waals surface area contributed by atoms with Crippen LogP contribution in [0.4, 0.5) is 8.78 Å². The van der Waals surface area contributed by atoms with Gasteiger partial charge in [0, 0.05) is 7.11 Å². The number of nitrogens with two attached hydrogens (primary N) is 1. The molecule has 0 spiro atoms. The van der Waals surface area contributed by atoms with Crippen molar-refractivity contribution in [2.75, 3.05) is 7.11 Å². The molecule has 5 heteroatoms. The highest BCUT2D eigenvalue weighted by atomic mass is 19.2. The van der Waals surface area contributed by atoms with Crippen LogP contribution in [0.5, 0.6) is 0 Å². The Morgan fingerprint density at radius 1 is 1.22 bits per heavy atom. The Morgan fingerprint density at radius 3 is 2.22 bits per heavy atom. The van der Waals surface area contributed by atoms with E-state index >= 15 is 0 Å². The average Bonchev–Trinajstić information content (AvgIpc) is 2.28. The van der Waals surface area contributed by atoms with Gasteiger partial charge in [-0.15, -0.1) is 0 Å². The zero-order valence-electron chi connectivity index (χ0n) is 11.1. The van der Waals surface area contributed by atoms with Crippen molar-refractivity contribution in [3.63, 3.8) is 0 Å². The van der Waals surface area contributed by atoms with Crippen LogP contribution in [0.25, 0.3) is 0 Å². The van der Waals surface area contributed by atoms with Crippen LogP contribution in [0.2, 0.25) is 0 Å². The number of benzene rings is 1. The molecular weight excluding hydrogens is 238 g/mol. The van der Waals surface area contributed by atoms with E-state index in [2.05, 4.69) is 5.43 Å². The lowest BCUT2D eigenvalue weighted by molar-refractivity contribution is -0.0121. The van der Waals surface area contributed by atoms with Crippen molar-refractivity contribution in [2.45, 2.75) is 32.9 Å². The minimum Gasteiger partial charge on any atom is -0.379 e. The van der Waals surface area contributed by atoms with Gasteiger partial charge in [-0.05, 0) is 23.1 Å². The molecule has 18 heavy (non-hydrogen) atoms. The summed E-state index contributed by atoms with van der Waals surface area (Å²) in [6.07, 6.45) is -0.271. The topological polar surface area (TPSA) is 47.3 Å². The SMILES string of the molecule is COC(C(NN)c1ccc(F)c(F)c1)C(C)(C)C.